The van der Waals surface area contributed by atoms with Crippen molar-refractivity contribution < 1.29 is 74.1 Å². The van der Waals surface area contributed by atoms with Gasteiger partial charge in [0.05, 0.1) is 24.0 Å². The van der Waals surface area contributed by atoms with Gasteiger partial charge in [-0.1, -0.05) is 349 Å². The summed E-state index contributed by atoms with van der Waals surface area (Å²) in [5.41, 5.74) is 0. The van der Waals surface area contributed by atoms with Crippen LogP contribution in [0.2, 0.25) is 0 Å². The average molecular weight is 1300 g/mol. The van der Waals surface area contributed by atoms with E-state index in [1.165, 1.54) is 218 Å². The molecule has 2 heterocycles. The molecule has 2 aliphatic heterocycles. The second kappa shape index (κ2) is 58.6. The van der Waals surface area contributed by atoms with E-state index in [9.17, 15) is 50.4 Å². The molecular weight excluding hydrogens is 1150 g/mol. The molecule has 0 spiro atoms. The Morgan fingerprint density at radius 3 is 0.703 bits per heavy atom. The number of aliphatic hydroxyl groups is 8. The van der Waals surface area contributed by atoms with Gasteiger partial charge < -0.3 is 64.5 Å². The van der Waals surface area contributed by atoms with Gasteiger partial charge in [-0.05, 0) is 25.7 Å². The minimum atomic E-state index is -1.89. The number of carbonyl (C=O) groups excluding carboxylic acids is 2. The monoisotopic (exact) mass is 1300 g/mol. The smallest absolute Gasteiger partial charge is 0.311 e. The summed E-state index contributed by atoms with van der Waals surface area (Å²) in [7, 11) is 0. The van der Waals surface area contributed by atoms with Crippen molar-refractivity contribution in [2.75, 3.05) is 13.2 Å². The molecule has 91 heavy (non-hydrogen) atoms. The number of hydrogen-bond donors (Lipinski definition) is 8. The molecule has 0 aromatic carbocycles. The molecule has 540 valence electrons. The summed E-state index contributed by atoms with van der Waals surface area (Å²) >= 11 is 0. The predicted molar refractivity (Wildman–Crippen MR) is 367 cm³/mol. The van der Waals surface area contributed by atoms with Gasteiger partial charge in [0.25, 0.3) is 0 Å². The fourth-order valence-corrected chi connectivity index (χ4v) is 13.5. The van der Waals surface area contributed by atoms with E-state index in [1.807, 2.05) is 0 Å². The molecule has 0 bridgehead atoms. The largest absolute Gasteiger partial charge is 0.463 e. The first-order valence-electron chi connectivity index (χ1n) is 39.1. The fraction of sp³-hybridized carbons (Fsp3) is 0.974. The van der Waals surface area contributed by atoms with Crippen molar-refractivity contribution in [1.82, 2.24) is 0 Å². The van der Waals surface area contributed by atoms with Crippen molar-refractivity contribution in [1.29, 1.82) is 0 Å². The van der Waals surface area contributed by atoms with Crippen LogP contribution >= 0.6 is 0 Å². The summed E-state index contributed by atoms with van der Waals surface area (Å²) in [6, 6.07) is 0. The third-order valence-electron chi connectivity index (χ3n) is 19.9. The highest BCUT2D eigenvalue weighted by Crippen LogP contribution is 2.31. The molecule has 2 fully saturated rings. The van der Waals surface area contributed by atoms with Crippen LogP contribution in [0.25, 0.3) is 0 Å². The van der Waals surface area contributed by atoms with Crippen LogP contribution in [0.1, 0.15) is 374 Å². The number of carbonyl (C=O) groups is 2. The third kappa shape index (κ3) is 41.4. The van der Waals surface area contributed by atoms with Gasteiger partial charge in [-0.25, -0.2) is 0 Å². The third-order valence-corrected chi connectivity index (χ3v) is 19.9. The van der Waals surface area contributed by atoms with Crippen molar-refractivity contribution in [3.05, 3.63) is 0 Å². The first-order valence-corrected chi connectivity index (χ1v) is 39.1. The van der Waals surface area contributed by atoms with E-state index in [0.717, 1.165) is 103 Å². The van der Waals surface area contributed by atoms with Crippen LogP contribution in [0.4, 0.5) is 0 Å². The topological polar surface area (TPSA) is 242 Å². The Labute approximate surface area is 556 Å². The average Bonchev–Trinajstić information content (AvgIpc) is 1.06. The molecule has 15 heteroatoms. The van der Waals surface area contributed by atoms with Crippen LogP contribution < -0.4 is 0 Å². The highest BCUT2D eigenvalue weighted by molar-refractivity contribution is 5.73. The minimum absolute atomic E-state index is 0.429. The number of unbranched alkanes of at least 4 members (excludes halogenated alkanes) is 46. The summed E-state index contributed by atoms with van der Waals surface area (Å²) in [5.74, 6) is -2.93. The maximum Gasteiger partial charge on any atom is 0.311 e. The fourth-order valence-electron chi connectivity index (χ4n) is 13.5. The quantitative estimate of drug-likeness (QED) is 0.0209. The number of ether oxygens (including phenoxy) is 5. The second-order valence-corrected chi connectivity index (χ2v) is 28.2. The molecule has 0 amide bonds. The van der Waals surface area contributed by atoms with Crippen molar-refractivity contribution in [3.8, 4) is 0 Å². The van der Waals surface area contributed by atoms with Gasteiger partial charge in [-0.3, -0.25) is 9.59 Å². The molecule has 0 aromatic rings. The zero-order valence-electron chi connectivity index (χ0n) is 59.1. The highest BCUT2D eigenvalue weighted by Gasteiger charge is 2.50. The molecule has 4 unspecified atom stereocenters. The number of aliphatic hydroxyl groups excluding tert-OH is 8. The van der Waals surface area contributed by atoms with Crippen molar-refractivity contribution in [2.45, 2.75) is 448 Å². The first kappa shape index (κ1) is 85.6. The van der Waals surface area contributed by atoms with E-state index in [-0.39, 0.29) is 0 Å². The zero-order chi connectivity index (χ0) is 66.4. The maximum atomic E-state index is 14.0. The Balaban J connectivity index is 2.03. The summed E-state index contributed by atoms with van der Waals surface area (Å²) in [6.07, 6.45) is 41.7. The lowest BCUT2D eigenvalue weighted by Gasteiger charge is -2.44. The van der Waals surface area contributed by atoms with Crippen LogP contribution in [0, 0.1) is 11.8 Å². The van der Waals surface area contributed by atoms with Gasteiger partial charge in [0, 0.05) is 0 Å². The number of esters is 2. The Morgan fingerprint density at radius 2 is 0.484 bits per heavy atom. The van der Waals surface area contributed by atoms with Gasteiger partial charge >= 0.3 is 11.9 Å². The Kier molecular flexibility index (Phi) is 55.1. The van der Waals surface area contributed by atoms with Gasteiger partial charge in [0.15, 0.2) is 12.6 Å². The molecule has 0 radical (unpaired) electrons. The molecule has 8 N–H and O–H groups in total. The molecule has 0 aliphatic carbocycles. The van der Waals surface area contributed by atoms with Crippen molar-refractivity contribution in [3.63, 3.8) is 0 Å². The summed E-state index contributed by atoms with van der Waals surface area (Å²) in [6.45, 7) is 7.86. The van der Waals surface area contributed by atoms with Gasteiger partial charge in [0.1, 0.15) is 62.0 Å². The Morgan fingerprint density at radius 1 is 0.286 bits per heavy atom. The van der Waals surface area contributed by atoms with Gasteiger partial charge in [-0.15, -0.1) is 0 Å². The molecule has 15 nitrogen and oxygen atoms in total. The van der Waals surface area contributed by atoms with Crippen LogP contribution in [0.5, 0.6) is 0 Å². The number of hydrogen-bond acceptors (Lipinski definition) is 15. The molecule has 0 saturated carbocycles. The van der Waals surface area contributed by atoms with Crippen molar-refractivity contribution in [2.24, 2.45) is 11.8 Å². The lowest BCUT2D eigenvalue weighted by Crippen LogP contribution is -2.64. The van der Waals surface area contributed by atoms with Crippen molar-refractivity contribution >= 4 is 11.9 Å². The van der Waals surface area contributed by atoms with E-state index in [0.29, 0.717) is 25.7 Å². The van der Waals surface area contributed by atoms with Crippen LogP contribution in [0.15, 0.2) is 0 Å². The standard InChI is InChI=1S/C76H146O15/c1-5-9-13-17-21-25-29-33-37-41-45-49-53-57-63(77)61(55-51-47-43-39-35-31-27-23-19-15-11-7-3)73(85)87-59-65-67(79)69(81)71(83)75(89-65)91-76-72(84)70(82)68(80)66(90-76)60-88-74(86)62(56-52-48-44-40-36-32-28-24-20-16-12-8-4)64(78)58-54-50-46-42-38-34-30-26-22-18-14-10-6-2/h61-72,75-84H,5-60H2,1-4H3/t61?,62?,63?,64?,65-,66-,67+,68+,69+,70+,71-,72-,75-,76-/m1/s1. The Bertz CT molecular complexity index is 1510. The minimum Gasteiger partial charge on any atom is -0.463 e. The first-order chi connectivity index (χ1) is 44.3. The molecular formula is C76H146O15. The van der Waals surface area contributed by atoms with Crippen LogP contribution in [0.3, 0.4) is 0 Å². The Hall–Kier alpha value is -1.50. The zero-order valence-corrected chi connectivity index (χ0v) is 59.1. The summed E-state index contributed by atoms with van der Waals surface area (Å²) in [4.78, 5) is 27.9. The molecule has 14 atom stereocenters. The maximum absolute atomic E-state index is 14.0. The molecule has 0 aromatic heterocycles. The lowest BCUT2D eigenvalue weighted by molar-refractivity contribution is -0.376. The van der Waals surface area contributed by atoms with Gasteiger partial charge in [-0.2, -0.15) is 0 Å². The normalized spacial score (nSPS) is 23.3. The number of rotatable bonds is 64. The van der Waals surface area contributed by atoms with Gasteiger partial charge in [0.2, 0.25) is 0 Å². The highest BCUT2D eigenvalue weighted by atomic mass is 16.8. The second-order valence-electron chi connectivity index (χ2n) is 28.2. The SMILES string of the molecule is CCCCCCCCCCCCCCCC(O)C(CCCCCCCCCCCCCC)C(=O)OC[C@H]1O[C@H](O[C@H]2O[C@H](COC(=O)C(CCCCCCCCCCCCCC)C(O)CCCCCCCCCCCCCCC)[C@H](O)[C@H](O)[C@H]2O)[C@H](O)[C@@H](O)[C@H]1O. The van der Waals surface area contributed by atoms with E-state index < -0.39 is 111 Å². The summed E-state index contributed by atoms with van der Waals surface area (Å²) < 4.78 is 29.3. The van der Waals surface area contributed by atoms with E-state index in [4.69, 9.17) is 23.7 Å². The lowest BCUT2D eigenvalue weighted by atomic mass is 9.91. The van der Waals surface area contributed by atoms with Crippen LogP contribution in [-0.2, 0) is 33.3 Å². The van der Waals surface area contributed by atoms with E-state index in [2.05, 4.69) is 27.7 Å². The molecule has 2 aliphatic rings. The van der Waals surface area contributed by atoms with Crippen LogP contribution in [-0.4, -0.2) is 140 Å². The van der Waals surface area contributed by atoms with E-state index in [1.54, 1.807) is 0 Å². The van der Waals surface area contributed by atoms with E-state index >= 15 is 0 Å². The molecule has 2 saturated heterocycles. The molecule has 2 rings (SSSR count). The summed E-state index contributed by atoms with van der Waals surface area (Å²) in [5, 5.41) is 89.7. The predicted octanol–water partition coefficient (Wildman–Crippen LogP) is 16.8.